The van der Waals surface area contributed by atoms with E-state index < -0.39 is 29.5 Å². The maximum atomic E-state index is 12.8. The SMILES string of the molecule is CC(C)(C)OC(=O)NC(CCN)c1cccc(C(F)(F)F)c1. The van der Waals surface area contributed by atoms with Gasteiger partial charge in [-0.15, -0.1) is 0 Å². The van der Waals surface area contributed by atoms with Gasteiger partial charge < -0.3 is 15.8 Å². The Labute approximate surface area is 127 Å². The van der Waals surface area contributed by atoms with E-state index in [0.717, 1.165) is 12.1 Å². The number of rotatable bonds is 4. The van der Waals surface area contributed by atoms with Gasteiger partial charge in [-0.25, -0.2) is 4.79 Å². The van der Waals surface area contributed by atoms with Gasteiger partial charge in [0.05, 0.1) is 11.6 Å². The normalized spacial score (nSPS) is 13.6. The van der Waals surface area contributed by atoms with Crippen molar-refractivity contribution in [1.82, 2.24) is 5.32 Å². The van der Waals surface area contributed by atoms with Crippen LogP contribution in [-0.2, 0) is 10.9 Å². The number of benzene rings is 1. The molecule has 3 N–H and O–H groups in total. The third-order valence-corrected chi connectivity index (χ3v) is 2.76. The largest absolute Gasteiger partial charge is 0.444 e. The van der Waals surface area contributed by atoms with Crippen molar-refractivity contribution in [1.29, 1.82) is 0 Å². The number of nitrogens with two attached hydrogens (primary N) is 1. The molecule has 1 unspecified atom stereocenters. The fourth-order valence-corrected chi connectivity index (χ4v) is 1.87. The van der Waals surface area contributed by atoms with Crippen LogP contribution in [-0.4, -0.2) is 18.2 Å². The van der Waals surface area contributed by atoms with E-state index in [9.17, 15) is 18.0 Å². The van der Waals surface area contributed by atoms with Crippen molar-refractivity contribution in [2.75, 3.05) is 6.54 Å². The van der Waals surface area contributed by atoms with Crippen LogP contribution in [0.25, 0.3) is 0 Å². The predicted octanol–water partition coefficient (Wildman–Crippen LogP) is 3.62. The second-order valence-corrected chi connectivity index (χ2v) is 5.90. The Balaban J connectivity index is 2.94. The van der Waals surface area contributed by atoms with E-state index in [4.69, 9.17) is 10.5 Å². The molecule has 1 amide bonds. The number of carbonyl (C=O) groups excluding carboxylic acids is 1. The zero-order valence-electron chi connectivity index (χ0n) is 12.8. The summed E-state index contributed by atoms with van der Waals surface area (Å²) in [6.45, 7) is 5.33. The number of nitrogens with one attached hydrogen (secondary N) is 1. The predicted molar refractivity (Wildman–Crippen MR) is 77.2 cm³/mol. The van der Waals surface area contributed by atoms with Crippen molar-refractivity contribution in [2.24, 2.45) is 5.73 Å². The summed E-state index contributed by atoms with van der Waals surface area (Å²) >= 11 is 0. The van der Waals surface area contributed by atoms with Gasteiger partial charge in [-0.05, 0) is 51.4 Å². The number of alkyl halides is 3. The molecule has 4 nitrogen and oxygen atoms in total. The van der Waals surface area contributed by atoms with Gasteiger partial charge >= 0.3 is 12.3 Å². The molecule has 0 aliphatic rings. The van der Waals surface area contributed by atoms with E-state index in [1.807, 2.05) is 0 Å². The van der Waals surface area contributed by atoms with Gasteiger partial charge in [0.15, 0.2) is 0 Å². The maximum absolute atomic E-state index is 12.8. The second-order valence-electron chi connectivity index (χ2n) is 5.90. The second kappa shape index (κ2) is 7.00. The summed E-state index contributed by atoms with van der Waals surface area (Å²) in [4.78, 5) is 11.8. The maximum Gasteiger partial charge on any atom is 0.416 e. The fraction of sp³-hybridized carbons (Fsp3) is 0.533. The molecule has 0 fully saturated rings. The third-order valence-electron chi connectivity index (χ3n) is 2.76. The van der Waals surface area contributed by atoms with Crippen LogP contribution in [0, 0.1) is 0 Å². The first-order chi connectivity index (χ1) is 10.0. The van der Waals surface area contributed by atoms with Crippen LogP contribution in [0.15, 0.2) is 24.3 Å². The molecule has 0 saturated heterocycles. The minimum atomic E-state index is -4.44. The minimum Gasteiger partial charge on any atom is -0.444 e. The molecule has 0 aromatic heterocycles. The van der Waals surface area contributed by atoms with Gasteiger partial charge in [-0.2, -0.15) is 13.2 Å². The van der Waals surface area contributed by atoms with Crippen molar-refractivity contribution >= 4 is 6.09 Å². The lowest BCUT2D eigenvalue weighted by Gasteiger charge is -2.24. The molecular formula is C15H21F3N2O2. The van der Waals surface area contributed by atoms with Gasteiger partial charge in [0.1, 0.15) is 5.60 Å². The van der Waals surface area contributed by atoms with E-state index >= 15 is 0 Å². The van der Waals surface area contributed by atoms with E-state index in [2.05, 4.69) is 5.32 Å². The summed E-state index contributed by atoms with van der Waals surface area (Å²) in [5.41, 5.74) is 4.36. The highest BCUT2D eigenvalue weighted by molar-refractivity contribution is 5.68. The molecule has 0 heterocycles. The standard InChI is InChI=1S/C15H21F3N2O2/c1-14(2,3)22-13(21)20-12(7-8-19)10-5-4-6-11(9-10)15(16,17)18/h4-6,9,12H,7-8,19H2,1-3H3,(H,20,21). The van der Waals surface area contributed by atoms with Gasteiger partial charge in [0.2, 0.25) is 0 Å². The summed E-state index contributed by atoms with van der Waals surface area (Å²) in [6.07, 6.45) is -4.82. The smallest absolute Gasteiger partial charge is 0.416 e. The number of halogens is 3. The topological polar surface area (TPSA) is 64.3 Å². The first kappa shape index (κ1) is 18.3. The van der Waals surface area contributed by atoms with E-state index in [1.165, 1.54) is 12.1 Å². The Morgan fingerprint density at radius 3 is 2.45 bits per heavy atom. The van der Waals surface area contributed by atoms with Gasteiger partial charge in [-0.1, -0.05) is 12.1 Å². The Kier molecular flexibility index (Phi) is 5.82. The Bertz CT molecular complexity index is 510. The Morgan fingerprint density at radius 2 is 1.95 bits per heavy atom. The molecule has 1 aromatic carbocycles. The quantitative estimate of drug-likeness (QED) is 0.891. The highest BCUT2D eigenvalue weighted by Gasteiger charge is 2.31. The zero-order valence-corrected chi connectivity index (χ0v) is 12.8. The lowest BCUT2D eigenvalue weighted by atomic mass is 10.0. The van der Waals surface area contributed by atoms with E-state index in [-0.39, 0.29) is 6.54 Å². The lowest BCUT2D eigenvalue weighted by Crippen LogP contribution is -2.35. The molecule has 1 atom stereocenters. The van der Waals surface area contributed by atoms with Crippen LogP contribution < -0.4 is 11.1 Å². The zero-order chi connectivity index (χ0) is 17.0. The van der Waals surface area contributed by atoms with Gasteiger partial charge in [0.25, 0.3) is 0 Å². The first-order valence-electron chi connectivity index (χ1n) is 6.89. The summed E-state index contributed by atoms with van der Waals surface area (Å²) in [6, 6.07) is 4.18. The van der Waals surface area contributed by atoms with Crippen LogP contribution in [0.3, 0.4) is 0 Å². The van der Waals surface area contributed by atoms with Crippen LogP contribution in [0.2, 0.25) is 0 Å². The van der Waals surface area contributed by atoms with E-state index in [1.54, 1.807) is 20.8 Å². The van der Waals surface area contributed by atoms with Crippen molar-refractivity contribution < 1.29 is 22.7 Å². The number of alkyl carbamates (subject to hydrolysis) is 1. The van der Waals surface area contributed by atoms with Crippen LogP contribution >= 0.6 is 0 Å². The number of hydrogen-bond donors (Lipinski definition) is 2. The molecule has 22 heavy (non-hydrogen) atoms. The number of amides is 1. The van der Waals surface area contributed by atoms with Crippen molar-refractivity contribution in [3.63, 3.8) is 0 Å². The highest BCUT2D eigenvalue weighted by atomic mass is 19.4. The molecule has 7 heteroatoms. The number of carbonyl (C=O) groups is 1. The summed E-state index contributed by atoms with van der Waals surface area (Å²) < 4.78 is 43.4. The van der Waals surface area contributed by atoms with Gasteiger partial charge in [-0.3, -0.25) is 0 Å². The molecular weight excluding hydrogens is 297 g/mol. The molecule has 0 saturated carbocycles. The van der Waals surface area contributed by atoms with Crippen LogP contribution in [0.5, 0.6) is 0 Å². The summed E-state index contributed by atoms with van der Waals surface area (Å²) in [7, 11) is 0. The van der Waals surface area contributed by atoms with Crippen molar-refractivity contribution in [3.05, 3.63) is 35.4 Å². The Morgan fingerprint density at radius 1 is 1.32 bits per heavy atom. The van der Waals surface area contributed by atoms with Gasteiger partial charge in [0, 0.05) is 0 Å². The number of ether oxygens (including phenoxy) is 1. The minimum absolute atomic E-state index is 0.219. The lowest BCUT2D eigenvalue weighted by molar-refractivity contribution is -0.137. The molecule has 0 aliphatic carbocycles. The molecule has 0 aliphatic heterocycles. The molecule has 1 rings (SSSR count). The van der Waals surface area contributed by atoms with Crippen molar-refractivity contribution in [2.45, 2.75) is 45.0 Å². The van der Waals surface area contributed by atoms with E-state index in [0.29, 0.717) is 12.0 Å². The third kappa shape index (κ3) is 5.93. The molecule has 0 bridgehead atoms. The molecule has 0 spiro atoms. The monoisotopic (exact) mass is 318 g/mol. The molecule has 124 valence electrons. The summed E-state index contributed by atoms with van der Waals surface area (Å²) in [5, 5.41) is 2.56. The molecule has 0 radical (unpaired) electrons. The average Bonchev–Trinajstić information content (AvgIpc) is 2.35. The highest BCUT2D eigenvalue weighted by Crippen LogP contribution is 2.31. The number of hydrogen-bond acceptors (Lipinski definition) is 3. The van der Waals surface area contributed by atoms with Crippen LogP contribution in [0.4, 0.5) is 18.0 Å². The Hall–Kier alpha value is -1.76. The summed E-state index contributed by atoms with van der Waals surface area (Å²) in [5.74, 6) is 0. The fourth-order valence-electron chi connectivity index (χ4n) is 1.87. The molecule has 1 aromatic rings. The van der Waals surface area contributed by atoms with Crippen molar-refractivity contribution in [3.8, 4) is 0 Å². The first-order valence-corrected chi connectivity index (χ1v) is 6.89. The van der Waals surface area contributed by atoms with Crippen LogP contribution in [0.1, 0.15) is 44.4 Å². The average molecular weight is 318 g/mol.